The number of aromatic nitrogens is 1. The number of benzene rings is 2. The predicted octanol–water partition coefficient (Wildman–Crippen LogP) is 5.06. The highest BCUT2D eigenvalue weighted by molar-refractivity contribution is 5.68. The number of rotatable bonds is 5. The van der Waals surface area contributed by atoms with E-state index in [1.54, 1.807) is 0 Å². The molecule has 0 saturated carbocycles. The molecule has 29 heavy (non-hydrogen) atoms. The van der Waals surface area contributed by atoms with Gasteiger partial charge in [-0.1, -0.05) is 30.3 Å². The lowest BCUT2D eigenvalue weighted by molar-refractivity contribution is 0.195. The van der Waals surface area contributed by atoms with E-state index < -0.39 is 0 Å². The van der Waals surface area contributed by atoms with Crippen molar-refractivity contribution in [2.24, 2.45) is 0 Å². The molecule has 0 N–H and O–H groups in total. The minimum absolute atomic E-state index is 0.748. The van der Waals surface area contributed by atoms with E-state index in [4.69, 9.17) is 4.74 Å². The Hall–Kier alpha value is -2.65. The van der Waals surface area contributed by atoms with Gasteiger partial charge in [0.05, 0.1) is 5.69 Å². The van der Waals surface area contributed by atoms with Gasteiger partial charge in [-0.15, -0.1) is 0 Å². The van der Waals surface area contributed by atoms with Crippen molar-refractivity contribution in [3.05, 3.63) is 83.0 Å². The maximum Gasteiger partial charge on any atom is 0.122 e. The third-order valence-electron chi connectivity index (χ3n) is 6.31. The average molecular weight is 385 g/mol. The second-order valence-electron chi connectivity index (χ2n) is 8.13. The molecule has 0 fully saturated rings. The van der Waals surface area contributed by atoms with Gasteiger partial charge in [-0.3, -0.25) is 9.88 Å². The Balaban J connectivity index is 1.28. The summed E-state index contributed by atoms with van der Waals surface area (Å²) in [7, 11) is 0. The van der Waals surface area contributed by atoms with Crippen molar-refractivity contribution in [1.29, 1.82) is 0 Å². The molecular formula is C26H28N2O. The van der Waals surface area contributed by atoms with E-state index in [0.717, 1.165) is 56.9 Å². The molecule has 3 nitrogen and oxygen atoms in total. The first-order chi connectivity index (χ1) is 14.4. The van der Waals surface area contributed by atoms with E-state index in [0.29, 0.717) is 0 Å². The molecule has 0 unspecified atom stereocenters. The fourth-order valence-corrected chi connectivity index (χ4v) is 4.76. The molecule has 3 heteroatoms. The van der Waals surface area contributed by atoms with Crippen LogP contribution in [0, 0.1) is 0 Å². The van der Waals surface area contributed by atoms with Crippen LogP contribution in [0.25, 0.3) is 11.3 Å². The zero-order valence-corrected chi connectivity index (χ0v) is 16.9. The van der Waals surface area contributed by atoms with Gasteiger partial charge in [-0.05, 0) is 78.6 Å². The SMILES string of the molecule is c1ccc(-c2ccc(OCCN3CCc4ccccc4C3)c3c2CCCC3)nc1. The molecule has 5 rings (SSSR count). The van der Waals surface area contributed by atoms with E-state index >= 15 is 0 Å². The van der Waals surface area contributed by atoms with Crippen LogP contribution in [0.2, 0.25) is 0 Å². The van der Waals surface area contributed by atoms with Crippen LogP contribution in [0.4, 0.5) is 0 Å². The molecule has 2 heterocycles. The molecular weight excluding hydrogens is 356 g/mol. The third-order valence-corrected chi connectivity index (χ3v) is 6.31. The molecule has 1 aliphatic carbocycles. The van der Waals surface area contributed by atoms with Gasteiger partial charge in [-0.25, -0.2) is 0 Å². The minimum atomic E-state index is 0.748. The Kier molecular flexibility index (Phi) is 5.31. The maximum atomic E-state index is 6.32. The molecule has 0 spiro atoms. The molecule has 148 valence electrons. The fraction of sp³-hybridized carbons (Fsp3) is 0.346. The van der Waals surface area contributed by atoms with Crippen LogP contribution < -0.4 is 4.74 Å². The number of nitrogens with zero attached hydrogens (tertiary/aromatic N) is 2. The molecule has 2 aliphatic rings. The van der Waals surface area contributed by atoms with Crippen molar-refractivity contribution in [2.75, 3.05) is 19.7 Å². The first-order valence-electron chi connectivity index (χ1n) is 10.9. The van der Waals surface area contributed by atoms with Gasteiger partial charge in [0.1, 0.15) is 12.4 Å². The molecule has 0 radical (unpaired) electrons. The second kappa shape index (κ2) is 8.38. The summed E-state index contributed by atoms with van der Waals surface area (Å²) in [6, 6.07) is 19.3. The van der Waals surface area contributed by atoms with E-state index in [2.05, 4.69) is 58.4 Å². The fourth-order valence-electron chi connectivity index (χ4n) is 4.76. The monoisotopic (exact) mass is 384 g/mol. The van der Waals surface area contributed by atoms with Crippen molar-refractivity contribution in [1.82, 2.24) is 9.88 Å². The highest BCUT2D eigenvalue weighted by atomic mass is 16.5. The first-order valence-corrected chi connectivity index (χ1v) is 10.9. The predicted molar refractivity (Wildman–Crippen MR) is 117 cm³/mol. The van der Waals surface area contributed by atoms with Crippen molar-refractivity contribution >= 4 is 0 Å². The Labute approximate surface area is 173 Å². The molecule has 1 aromatic heterocycles. The summed E-state index contributed by atoms with van der Waals surface area (Å²) in [5.41, 5.74) is 8.17. The number of pyridine rings is 1. The first kappa shape index (κ1) is 18.4. The average Bonchev–Trinajstić information content (AvgIpc) is 2.79. The lowest BCUT2D eigenvalue weighted by Gasteiger charge is -2.29. The quantitative estimate of drug-likeness (QED) is 0.614. The summed E-state index contributed by atoms with van der Waals surface area (Å²) in [5.74, 6) is 1.08. The second-order valence-corrected chi connectivity index (χ2v) is 8.13. The third kappa shape index (κ3) is 3.92. The van der Waals surface area contributed by atoms with E-state index in [9.17, 15) is 0 Å². The molecule has 0 bridgehead atoms. The van der Waals surface area contributed by atoms with Crippen LogP contribution in [0.15, 0.2) is 60.8 Å². The summed E-state index contributed by atoms with van der Waals surface area (Å²) in [6.07, 6.45) is 7.77. The summed E-state index contributed by atoms with van der Waals surface area (Å²) in [5, 5.41) is 0. The normalized spacial score (nSPS) is 16.1. The lowest BCUT2D eigenvalue weighted by atomic mass is 9.86. The van der Waals surface area contributed by atoms with Crippen LogP contribution in [0.1, 0.15) is 35.1 Å². The largest absolute Gasteiger partial charge is 0.492 e. The summed E-state index contributed by atoms with van der Waals surface area (Å²) in [4.78, 5) is 7.09. The highest BCUT2D eigenvalue weighted by Gasteiger charge is 2.20. The van der Waals surface area contributed by atoms with Gasteiger partial charge in [-0.2, -0.15) is 0 Å². The number of hydrogen-bond donors (Lipinski definition) is 0. The molecule has 3 aromatic rings. The number of fused-ring (bicyclic) bond motifs is 2. The van der Waals surface area contributed by atoms with Gasteiger partial charge in [0, 0.05) is 31.4 Å². The van der Waals surface area contributed by atoms with Crippen LogP contribution in [-0.2, 0) is 25.8 Å². The van der Waals surface area contributed by atoms with Crippen molar-refractivity contribution in [3.63, 3.8) is 0 Å². The molecule has 2 aromatic carbocycles. The molecule has 1 aliphatic heterocycles. The van der Waals surface area contributed by atoms with Crippen molar-refractivity contribution in [2.45, 2.75) is 38.6 Å². The summed E-state index contributed by atoms with van der Waals surface area (Å²) >= 11 is 0. The molecule has 0 saturated heterocycles. The van der Waals surface area contributed by atoms with Gasteiger partial charge >= 0.3 is 0 Å². The maximum absolute atomic E-state index is 6.32. The van der Waals surface area contributed by atoms with Crippen LogP contribution in [0.5, 0.6) is 5.75 Å². The highest BCUT2D eigenvalue weighted by Crippen LogP contribution is 2.36. The zero-order valence-electron chi connectivity index (χ0n) is 16.9. The van der Waals surface area contributed by atoms with E-state index in [1.165, 1.54) is 40.7 Å². The van der Waals surface area contributed by atoms with Crippen molar-refractivity contribution in [3.8, 4) is 17.0 Å². The molecule has 0 amide bonds. The van der Waals surface area contributed by atoms with Gasteiger partial charge in [0.15, 0.2) is 0 Å². The Morgan fingerprint density at radius 2 is 1.66 bits per heavy atom. The zero-order chi connectivity index (χ0) is 19.5. The smallest absolute Gasteiger partial charge is 0.122 e. The van der Waals surface area contributed by atoms with Gasteiger partial charge in [0.25, 0.3) is 0 Å². The van der Waals surface area contributed by atoms with Gasteiger partial charge in [0.2, 0.25) is 0 Å². The van der Waals surface area contributed by atoms with Crippen LogP contribution >= 0.6 is 0 Å². The molecule has 0 atom stereocenters. The van der Waals surface area contributed by atoms with E-state index in [1.807, 2.05) is 12.3 Å². The van der Waals surface area contributed by atoms with Crippen LogP contribution in [-0.4, -0.2) is 29.6 Å². The lowest BCUT2D eigenvalue weighted by Crippen LogP contribution is -2.33. The minimum Gasteiger partial charge on any atom is -0.492 e. The van der Waals surface area contributed by atoms with Crippen LogP contribution in [0.3, 0.4) is 0 Å². The number of ether oxygens (including phenoxy) is 1. The topological polar surface area (TPSA) is 25.4 Å². The number of hydrogen-bond acceptors (Lipinski definition) is 3. The summed E-state index contributed by atoms with van der Waals surface area (Å²) < 4.78 is 6.32. The van der Waals surface area contributed by atoms with E-state index in [-0.39, 0.29) is 0 Å². The van der Waals surface area contributed by atoms with Crippen molar-refractivity contribution < 1.29 is 4.74 Å². The Morgan fingerprint density at radius 1 is 0.828 bits per heavy atom. The summed E-state index contributed by atoms with van der Waals surface area (Å²) in [6.45, 7) is 3.88. The Morgan fingerprint density at radius 3 is 2.52 bits per heavy atom. The Bertz CT molecular complexity index is 983. The standard InChI is InChI=1S/C26H28N2O/c1-2-8-21-19-28(16-14-20(21)7-1)17-18-29-26-13-12-23(25-11-5-6-15-27-25)22-9-3-4-10-24(22)26/h1-2,5-8,11-13,15H,3-4,9-10,14,16-19H2. The van der Waals surface area contributed by atoms with Gasteiger partial charge < -0.3 is 4.74 Å².